The minimum atomic E-state index is -0.491. The van der Waals surface area contributed by atoms with Gasteiger partial charge < -0.3 is 15.8 Å². The van der Waals surface area contributed by atoms with Crippen molar-refractivity contribution in [3.05, 3.63) is 33.8 Å². The van der Waals surface area contributed by atoms with Crippen LogP contribution in [-0.4, -0.2) is 25.8 Å². The number of benzene rings is 1. The Labute approximate surface area is 110 Å². The van der Waals surface area contributed by atoms with Crippen molar-refractivity contribution in [1.82, 2.24) is 5.32 Å². The summed E-state index contributed by atoms with van der Waals surface area (Å²) in [6, 6.07) is 5.04. The SMILES string of the molecule is CNC(=O)OC[C@@H](N)Cc1ccc(Cl)c(Cl)c1. The zero-order valence-corrected chi connectivity index (χ0v) is 10.9. The van der Waals surface area contributed by atoms with E-state index in [1.165, 1.54) is 7.05 Å². The van der Waals surface area contributed by atoms with E-state index < -0.39 is 6.09 Å². The molecule has 1 amide bonds. The summed E-state index contributed by atoms with van der Waals surface area (Å²) in [5.74, 6) is 0. The zero-order valence-electron chi connectivity index (χ0n) is 9.37. The van der Waals surface area contributed by atoms with Gasteiger partial charge in [-0.25, -0.2) is 4.79 Å². The Morgan fingerprint density at radius 3 is 2.76 bits per heavy atom. The van der Waals surface area contributed by atoms with Crippen molar-refractivity contribution in [2.45, 2.75) is 12.5 Å². The molecule has 1 aromatic rings. The first-order valence-electron chi connectivity index (χ1n) is 5.07. The van der Waals surface area contributed by atoms with Crippen LogP contribution in [0.15, 0.2) is 18.2 Å². The van der Waals surface area contributed by atoms with Gasteiger partial charge in [0.05, 0.1) is 10.0 Å². The van der Waals surface area contributed by atoms with E-state index in [0.717, 1.165) is 5.56 Å². The number of carbonyl (C=O) groups is 1. The number of halogens is 2. The van der Waals surface area contributed by atoms with Gasteiger partial charge in [-0.15, -0.1) is 0 Å². The molecule has 3 N–H and O–H groups in total. The molecule has 0 saturated carbocycles. The largest absolute Gasteiger partial charge is 0.448 e. The zero-order chi connectivity index (χ0) is 12.8. The predicted molar refractivity (Wildman–Crippen MR) is 68.5 cm³/mol. The number of hydrogen-bond acceptors (Lipinski definition) is 3. The lowest BCUT2D eigenvalue weighted by Crippen LogP contribution is -2.32. The lowest BCUT2D eigenvalue weighted by molar-refractivity contribution is 0.141. The lowest BCUT2D eigenvalue weighted by Gasteiger charge is -2.12. The second-order valence-corrected chi connectivity index (χ2v) is 4.38. The van der Waals surface area contributed by atoms with Gasteiger partial charge >= 0.3 is 6.09 Å². The van der Waals surface area contributed by atoms with Gasteiger partial charge in [-0.2, -0.15) is 0 Å². The summed E-state index contributed by atoms with van der Waals surface area (Å²) >= 11 is 11.7. The molecule has 17 heavy (non-hydrogen) atoms. The number of amides is 1. The summed E-state index contributed by atoms with van der Waals surface area (Å²) in [6.07, 6.45) is 0.0723. The standard InChI is InChI=1S/C11H14Cl2N2O2/c1-15-11(16)17-6-8(14)4-7-2-3-9(12)10(13)5-7/h2-3,5,8H,4,6,14H2,1H3,(H,15,16)/t8-/m0/s1. The molecule has 1 rings (SSSR count). The fourth-order valence-electron chi connectivity index (χ4n) is 1.28. The molecular formula is C11H14Cl2N2O2. The maximum absolute atomic E-state index is 10.8. The number of rotatable bonds is 4. The minimum absolute atomic E-state index is 0.153. The van der Waals surface area contributed by atoms with E-state index in [2.05, 4.69) is 5.32 Å². The Morgan fingerprint density at radius 2 is 2.18 bits per heavy atom. The normalized spacial score (nSPS) is 12.0. The highest BCUT2D eigenvalue weighted by molar-refractivity contribution is 6.42. The van der Waals surface area contributed by atoms with Crippen molar-refractivity contribution >= 4 is 29.3 Å². The van der Waals surface area contributed by atoms with Crippen LogP contribution in [0.1, 0.15) is 5.56 Å². The van der Waals surface area contributed by atoms with E-state index in [0.29, 0.717) is 16.5 Å². The quantitative estimate of drug-likeness (QED) is 0.886. The first-order valence-corrected chi connectivity index (χ1v) is 5.82. The molecule has 1 aromatic carbocycles. The molecule has 4 nitrogen and oxygen atoms in total. The molecule has 0 fully saturated rings. The molecular weight excluding hydrogens is 263 g/mol. The van der Waals surface area contributed by atoms with E-state index in [4.69, 9.17) is 33.7 Å². The van der Waals surface area contributed by atoms with Crippen LogP contribution in [0.25, 0.3) is 0 Å². The molecule has 0 aliphatic carbocycles. The van der Waals surface area contributed by atoms with Crippen LogP contribution in [0.5, 0.6) is 0 Å². The molecule has 0 radical (unpaired) electrons. The van der Waals surface area contributed by atoms with Gasteiger partial charge in [0.25, 0.3) is 0 Å². The Balaban J connectivity index is 2.47. The number of hydrogen-bond donors (Lipinski definition) is 2. The van der Waals surface area contributed by atoms with E-state index in [1.54, 1.807) is 12.1 Å². The summed E-state index contributed by atoms with van der Waals surface area (Å²) in [5.41, 5.74) is 6.77. The predicted octanol–water partition coefficient (Wildman–Crippen LogP) is 2.22. The van der Waals surface area contributed by atoms with E-state index in [9.17, 15) is 4.79 Å². The highest BCUT2D eigenvalue weighted by Crippen LogP contribution is 2.22. The Bertz CT molecular complexity index is 399. The summed E-state index contributed by atoms with van der Waals surface area (Å²) in [6.45, 7) is 0.153. The van der Waals surface area contributed by atoms with Crippen molar-refractivity contribution in [3.8, 4) is 0 Å². The van der Waals surface area contributed by atoms with E-state index in [1.807, 2.05) is 6.07 Å². The van der Waals surface area contributed by atoms with Crippen LogP contribution < -0.4 is 11.1 Å². The third kappa shape index (κ3) is 4.81. The first-order chi connectivity index (χ1) is 8.02. The molecule has 94 valence electrons. The molecule has 0 heterocycles. The van der Waals surface area contributed by atoms with Gasteiger partial charge in [0.1, 0.15) is 6.61 Å². The molecule has 6 heteroatoms. The Hall–Kier alpha value is -0.970. The Kier molecular flexibility index (Phi) is 5.55. The van der Waals surface area contributed by atoms with Crippen molar-refractivity contribution in [2.75, 3.05) is 13.7 Å². The molecule has 0 aliphatic heterocycles. The van der Waals surface area contributed by atoms with Crippen molar-refractivity contribution in [3.63, 3.8) is 0 Å². The summed E-state index contributed by atoms with van der Waals surface area (Å²) in [4.78, 5) is 10.8. The third-order valence-corrected chi connectivity index (χ3v) is 2.85. The molecule has 0 unspecified atom stereocenters. The van der Waals surface area contributed by atoms with Crippen LogP contribution in [-0.2, 0) is 11.2 Å². The fraction of sp³-hybridized carbons (Fsp3) is 0.364. The van der Waals surface area contributed by atoms with Gasteiger partial charge in [-0.05, 0) is 24.1 Å². The average molecular weight is 277 g/mol. The average Bonchev–Trinajstić information content (AvgIpc) is 2.31. The fourth-order valence-corrected chi connectivity index (χ4v) is 1.60. The number of nitrogens with two attached hydrogens (primary N) is 1. The summed E-state index contributed by atoms with van der Waals surface area (Å²) in [5, 5.41) is 3.34. The van der Waals surface area contributed by atoms with Crippen LogP contribution in [0, 0.1) is 0 Å². The maximum Gasteiger partial charge on any atom is 0.406 e. The molecule has 0 aromatic heterocycles. The second-order valence-electron chi connectivity index (χ2n) is 3.56. The summed E-state index contributed by atoms with van der Waals surface area (Å²) < 4.78 is 4.85. The molecule has 0 saturated heterocycles. The topological polar surface area (TPSA) is 64.3 Å². The van der Waals surface area contributed by atoms with Gasteiger partial charge in [0.2, 0.25) is 0 Å². The smallest absolute Gasteiger partial charge is 0.406 e. The molecule has 0 bridgehead atoms. The van der Waals surface area contributed by atoms with Crippen LogP contribution in [0.3, 0.4) is 0 Å². The van der Waals surface area contributed by atoms with Crippen LogP contribution >= 0.6 is 23.2 Å². The maximum atomic E-state index is 10.8. The number of alkyl carbamates (subject to hydrolysis) is 1. The number of carbonyl (C=O) groups excluding carboxylic acids is 1. The van der Waals surface area contributed by atoms with Crippen LogP contribution in [0.4, 0.5) is 4.79 Å². The van der Waals surface area contributed by atoms with Crippen molar-refractivity contribution in [1.29, 1.82) is 0 Å². The highest BCUT2D eigenvalue weighted by atomic mass is 35.5. The number of nitrogens with one attached hydrogen (secondary N) is 1. The molecule has 1 atom stereocenters. The Morgan fingerprint density at radius 1 is 1.47 bits per heavy atom. The molecule has 0 aliphatic rings. The van der Waals surface area contributed by atoms with Gasteiger partial charge in [0.15, 0.2) is 0 Å². The van der Waals surface area contributed by atoms with E-state index >= 15 is 0 Å². The minimum Gasteiger partial charge on any atom is -0.448 e. The lowest BCUT2D eigenvalue weighted by atomic mass is 10.1. The van der Waals surface area contributed by atoms with Gasteiger partial charge in [0, 0.05) is 13.1 Å². The highest BCUT2D eigenvalue weighted by Gasteiger charge is 2.08. The first kappa shape index (κ1) is 14.1. The summed E-state index contributed by atoms with van der Waals surface area (Å²) in [7, 11) is 1.49. The van der Waals surface area contributed by atoms with E-state index in [-0.39, 0.29) is 12.6 Å². The third-order valence-electron chi connectivity index (χ3n) is 2.11. The van der Waals surface area contributed by atoms with Crippen LogP contribution in [0.2, 0.25) is 10.0 Å². The van der Waals surface area contributed by atoms with Gasteiger partial charge in [-0.3, -0.25) is 0 Å². The second kappa shape index (κ2) is 6.69. The monoisotopic (exact) mass is 276 g/mol. The van der Waals surface area contributed by atoms with Crippen molar-refractivity contribution < 1.29 is 9.53 Å². The number of ether oxygens (including phenoxy) is 1. The molecule has 0 spiro atoms. The van der Waals surface area contributed by atoms with Gasteiger partial charge in [-0.1, -0.05) is 29.3 Å². The van der Waals surface area contributed by atoms with Crippen molar-refractivity contribution in [2.24, 2.45) is 5.73 Å².